The standard InChI is InChI=1S/C29H46N2O6/c1-19(2)14-24(31-26(33)36-27(4,5)6)29(25(32)35-28(7,8)37-29)16-22-15-21(20(3)17-30-22)18-34-23-12-10-9-11-13-23/h15,17,19,23-24H,9-14,16,18H2,1-8H3,(H,31,33)/t24-,29+/m0/s1. The minimum absolute atomic E-state index is 0.152. The van der Waals surface area contributed by atoms with Gasteiger partial charge in [0.2, 0.25) is 5.79 Å². The van der Waals surface area contributed by atoms with Gasteiger partial charge in [-0.1, -0.05) is 33.1 Å². The highest BCUT2D eigenvalue weighted by atomic mass is 16.8. The Morgan fingerprint density at radius 3 is 2.46 bits per heavy atom. The van der Waals surface area contributed by atoms with Crippen LogP contribution in [0.3, 0.4) is 0 Å². The van der Waals surface area contributed by atoms with Crippen molar-refractivity contribution in [2.75, 3.05) is 0 Å². The van der Waals surface area contributed by atoms with Gasteiger partial charge >= 0.3 is 12.1 Å². The van der Waals surface area contributed by atoms with Crippen molar-refractivity contribution in [2.45, 2.75) is 136 Å². The fourth-order valence-electron chi connectivity index (χ4n) is 5.12. The average molecular weight is 519 g/mol. The number of cyclic esters (lactones) is 1. The molecular weight excluding hydrogens is 472 g/mol. The number of pyridine rings is 1. The zero-order chi connectivity index (χ0) is 27.4. The summed E-state index contributed by atoms with van der Waals surface area (Å²) in [6.45, 7) is 15.4. The molecule has 1 aromatic rings. The van der Waals surface area contributed by atoms with Gasteiger partial charge in [-0.05, 0) is 70.1 Å². The number of hydrogen-bond acceptors (Lipinski definition) is 7. The summed E-state index contributed by atoms with van der Waals surface area (Å²) < 4.78 is 23.8. The lowest BCUT2D eigenvalue weighted by Gasteiger charge is -2.36. The number of aryl methyl sites for hydroxylation is 1. The van der Waals surface area contributed by atoms with Gasteiger partial charge < -0.3 is 24.3 Å². The maximum absolute atomic E-state index is 13.5. The molecule has 0 aromatic carbocycles. The van der Waals surface area contributed by atoms with Crippen LogP contribution in [0, 0.1) is 12.8 Å². The van der Waals surface area contributed by atoms with E-state index in [1.807, 2.05) is 33.0 Å². The second kappa shape index (κ2) is 11.7. The van der Waals surface area contributed by atoms with Crippen molar-refractivity contribution in [2.24, 2.45) is 5.92 Å². The third kappa shape index (κ3) is 8.14. The van der Waals surface area contributed by atoms with E-state index in [1.165, 1.54) is 19.3 Å². The van der Waals surface area contributed by atoms with Gasteiger partial charge in [-0.15, -0.1) is 0 Å². The third-order valence-electron chi connectivity index (χ3n) is 6.81. The van der Waals surface area contributed by atoms with Crippen molar-refractivity contribution in [1.29, 1.82) is 0 Å². The molecule has 0 bridgehead atoms. The highest BCUT2D eigenvalue weighted by molar-refractivity contribution is 5.84. The van der Waals surface area contributed by atoms with E-state index in [1.54, 1.807) is 34.6 Å². The largest absolute Gasteiger partial charge is 0.444 e. The molecule has 208 valence electrons. The number of nitrogens with one attached hydrogen (secondary N) is 1. The number of rotatable bonds is 9. The molecule has 8 nitrogen and oxygen atoms in total. The van der Waals surface area contributed by atoms with Crippen LogP contribution >= 0.6 is 0 Å². The maximum atomic E-state index is 13.5. The van der Waals surface area contributed by atoms with Crippen LogP contribution in [-0.4, -0.2) is 46.2 Å². The van der Waals surface area contributed by atoms with E-state index in [9.17, 15) is 9.59 Å². The number of carbonyl (C=O) groups excluding carboxylic acids is 2. The van der Waals surface area contributed by atoms with Gasteiger partial charge in [0.15, 0.2) is 5.60 Å². The van der Waals surface area contributed by atoms with Crippen LogP contribution < -0.4 is 5.32 Å². The van der Waals surface area contributed by atoms with Crippen molar-refractivity contribution in [1.82, 2.24) is 10.3 Å². The first-order valence-electron chi connectivity index (χ1n) is 13.7. The fourth-order valence-corrected chi connectivity index (χ4v) is 5.12. The topological polar surface area (TPSA) is 96.0 Å². The van der Waals surface area contributed by atoms with Crippen molar-refractivity contribution < 1.29 is 28.5 Å². The molecule has 1 saturated heterocycles. The summed E-state index contributed by atoms with van der Waals surface area (Å²) in [7, 11) is 0. The van der Waals surface area contributed by atoms with E-state index in [-0.39, 0.29) is 12.3 Å². The Kier molecular flexibility index (Phi) is 9.27. The van der Waals surface area contributed by atoms with Crippen LogP contribution in [0.25, 0.3) is 0 Å². The monoisotopic (exact) mass is 518 g/mol. The van der Waals surface area contributed by atoms with Crippen molar-refractivity contribution >= 4 is 12.1 Å². The quantitative estimate of drug-likeness (QED) is 0.415. The van der Waals surface area contributed by atoms with Gasteiger partial charge in [0.25, 0.3) is 0 Å². The Labute approximate surface area is 222 Å². The van der Waals surface area contributed by atoms with Crippen LogP contribution in [-0.2, 0) is 36.8 Å². The minimum Gasteiger partial charge on any atom is -0.444 e. The lowest BCUT2D eigenvalue weighted by Crippen LogP contribution is -2.59. The van der Waals surface area contributed by atoms with Crippen molar-refractivity contribution in [3.8, 4) is 0 Å². The van der Waals surface area contributed by atoms with Gasteiger partial charge in [0.1, 0.15) is 5.60 Å². The average Bonchev–Trinajstić information content (AvgIpc) is 3.01. The third-order valence-corrected chi connectivity index (χ3v) is 6.81. The van der Waals surface area contributed by atoms with E-state index in [4.69, 9.17) is 18.9 Å². The van der Waals surface area contributed by atoms with E-state index < -0.39 is 35.1 Å². The summed E-state index contributed by atoms with van der Waals surface area (Å²) in [5.41, 5.74) is 0.629. The summed E-state index contributed by atoms with van der Waals surface area (Å²) in [4.78, 5) is 31.0. The molecule has 2 aliphatic rings. The van der Waals surface area contributed by atoms with Gasteiger partial charge in [-0.2, -0.15) is 0 Å². The van der Waals surface area contributed by atoms with Crippen LogP contribution in [0.5, 0.6) is 0 Å². The van der Waals surface area contributed by atoms with E-state index in [2.05, 4.69) is 10.3 Å². The molecule has 0 unspecified atom stereocenters. The van der Waals surface area contributed by atoms with E-state index in [0.717, 1.165) is 24.0 Å². The molecule has 8 heteroatoms. The lowest BCUT2D eigenvalue weighted by molar-refractivity contribution is -0.170. The summed E-state index contributed by atoms with van der Waals surface area (Å²) in [5.74, 6) is -1.48. The Balaban J connectivity index is 1.90. The van der Waals surface area contributed by atoms with E-state index in [0.29, 0.717) is 24.8 Å². The molecule has 1 saturated carbocycles. The van der Waals surface area contributed by atoms with Crippen LogP contribution in [0.1, 0.15) is 104 Å². The Morgan fingerprint density at radius 2 is 1.89 bits per heavy atom. The zero-order valence-corrected chi connectivity index (χ0v) is 23.9. The number of esters is 1. The lowest BCUT2D eigenvalue weighted by atomic mass is 9.83. The highest BCUT2D eigenvalue weighted by Crippen LogP contribution is 2.39. The van der Waals surface area contributed by atoms with Crippen LogP contribution in [0.15, 0.2) is 12.3 Å². The molecule has 2 atom stereocenters. The number of ether oxygens (including phenoxy) is 4. The Bertz CT molecular complexity index is 948. The molecule has 1 amide bonds. The first-order valence-corrected chi connectivity index (χ1v) is 13.7. The molecule has 0 radical (unpaired) electrons. The summed E-state index contributed by atoms with van der Waals surface area (Å²) in [6.07, 6.45) is 8.05. The summed E-state index contributed by atoms with van der Waals surface area (Å²) in [5, 5.41) is 2.93. The predicted molar refractivity (Wildman–Crippen MR) is 141 cm³/mol. The Morgan fingerprint density at radius 1 is 1.22 bits per heavy atom. The molecule has 3 rings (SSSR count). The second-order valence-corrected chi connectivity index (χ2v) is 12.5. The number of amides is 1. The SMILES string of the molecule is Cc1cnc(C[C@]2([C@H](CC(C)C)NC(=O)OC(C)(C)C)OC(C)(C)OC2=O)cc1COC1CCCCC1. The maximum Gasteiger partial charge on any atom is 0.407 e. The first kappa shape index (κ1) is 29.4. The summed E-state index contributed by atoms with van der Waals surface area (Å²) >= 11 is 0. The fraction of sp³-hybridized carbons (Fsp3) is 0.759. The molecule has 2 fully saturated rings. The molecule has 0 spiro atoms. The van der Waals surface area contributed by atoms with Crippen molar-refractivity contribution in [3.63, 3.8) is 0 Å². The molecular formula is C29H46N2O6. The number of alkyl carbamates (subject to hydrolysis) is 1. The molecule has 37 heavy (non-hydrogen) atoms. The number of nitrogens with zero attached hydrogens (tertiary/aromatic N) is 1. The molecule has 1 aromatic heterocycles. The van der Waals surface area contributed by atoms with Gasteiger partial charge in [0.05, 0.1) is 18.8 Å². The highest BCUT2D eigenvalue weighted by Gasteiger charge is 2.59. The van der Waals surface area contributed by atoms with Gasteiger partial charge in [-0.3, -0.25) is 4.98 Å². The first-order chi connectivity index (χ1) is 17.2. The summed E-state index contributed by atoms with van der Waals surface area (Å²) in [6, 6.07) is 1.31. The number of aromatic nitrogens is 1. The molecule has 1 N–H and O–H groups in total. The molecule has 1 aliphatic heterocycles. The van der Waals surface area contributed by atoms with Gasteiger partial charge in [0, 0.05) is 32.2 Å². The Hall–Kier alpha value is -2.19. The van der Waals surface area contributed by atoms with Crippen LogP contribution in [0.4, 0.5) is 4.79 Å². The normalized spacial score (nSPS) is 23.1. The molecule has 1 aliphatic carbocycles. The minimum atomic E-state index is -1.45. The zero-order valence-electron chi connectivity index (χ0n) is 23.9. The van der Waals surface area contributed by atoms with E-state index >= 15 is 0 Å². The second-order valence-electron chi connectivity index (χ2n) is 12.5. The predicted octanol–water partition coefficient (Wildman–Crippen LogP) is 5.77. The number of hydrogen-bond donors (Lipinski definition) is 1. The van der Waals surface area contributed by atoms with Crippen molar-refractivity contribution in [3.05, 3.63) is 29.1 Å². The smallest absolute Gasteiger partial charge is 0.407 e. The van der Waals surface area contributed by atoms with Gasteiger partial charge in [-0.25, -0.2) is 9.59 Å². The number of carbonyl (C=O) groups is 2. The molecule has 2 heterocycles. The van der Waals surface area contributed by atoms with Crippen LogP contribution in [0.2, 0.25) is 0 Å².